The minimum atomic E-state index is 0.0594. The number of piperidine rings is 1. The highest BCUT2D eigenvalue weighted by Crippen LogP contribution is 2.30. The molecule has 2 aromatic carbocycles. The Morgan fingerprint density at radius 2 is 1.61 bits per heavy atom. The van der Waals surface area contributed by atoms with Crippen molar-refractivity contribution in [3.63, 3.8) is 0 Å². The van der Waals surface area contributed by atoms with Gasteiger partial charge in [-0.15, -0.1) is 0 Å². The van der Waals surface area contributed by atoms with Crippen molar-refractivity contribution in [2.24, 2.45) is 4.99 Å². The monoisotopic (exact) mass is 394 g/mol. The molecule has 4 rings (SSSR count). The molecule has 0 aliphatic carbocycles. The maximum Gasteiger partial charge on any atom is 0.136 e. The van der Waals surface area contributed by atoms with Crippen molar-refractivity contribution in [2.75, 3.05) is 0 Å². The van der Waals surface area contributed by atoms with E-state index >= 15 is 0 Å². The van der Waals surface area contributed by atoms with Crippen molar-refractivity contribution < 1.29 is 4.42 Å². The topological polar surface area (TPSA) is 37.5 Å². The Kier molecular flexibility index (Phi) is 4.84. The van der Waals surface area contributed by atoms with Gasteiger partial charge in [-0.25, -0.2) is 0 Å². The molecule has 0 saturated carbocycles. The summed E-state index contributed by atoms with van der Waals surface area (Å²) in [5.41, 5.74) is 1.96. The maximum absolute atomic E-state index is 6.18. The summed E-state index contributed by atoms with van der Waals surface area (Å²) >= 11 is 6.05. The Labute approximate surface area is 171 Å². The van der Waals surface area contributed by atoms with E-state index in [0.717, 1.165) is 40.5 Å². The largest absolute Gasteiger partial charge is 0.456 e. The molecular formula is C24H27ClN2O. The molecule has 0 radical (unpaired) electrons. The molecule has 146 valence electrons. The number of nitrogens with one attached hydrogen (secondary N) is 1. The molecule has 4 heteroatoms. The Hall–Kier alpha value is -2.10. The van der Waals surface area contributed by atoms with Crippen LogP contribution in [0.15, 0.2) is 64.0 Å². The van der Waals surface area contributed by atoms with Crippen molar-refractivity contribution >= 4 is 22.6 Å². The standard InChI is InChI=1S/C24H27ClN2O/c1-23(2)14-18(15-24(3,4)27-23)26-20-13-22(16-9-11-17(25)12-10-16)28-21-8-6-5-7-19(20)21/h5-13,18,27H,14-15H2,1-4H3. The SMILES string of the molecule is CC1(C)CC(N=c2cc(-c3ccc(Cl)cc3)oc3ccccc23)CC(C)(C)N1. The average Bonchev–Trinajstić information content (AvgIpc) is 2.59. The highest BCUT2D eigenvalue weighted by Gasteiger charge is 2.37. The Morgan fingerprint density at radius 1 is 0.964 bits per heavy atom. The van der Waals surface area contributed by atoms with Crippen LogP contribution in [0, 0.1) is 0 Å². The zero-order valence-corrected chi connectivity index (χ0v) is 17.7. The Bertz CT molecular complexity index is 1050. The molecule has 0 bridgehead atoms. The van der Waals surface area contributed by atoms with Gasteiger partial charge < -0.3 is 9.73 Å². The molecule has 1 saturated heterocycles. The van der Waals surface area contributed by atoms with Crippen LogP contribution in [0.2, 0.25) is 5.02 Å². The van der Waals surface area contributed by atoms with Gasteiger partial charge in [0.2, 0.25) is 0 Å². The molecular weight excluding hydrogens is 368 g/mol. The summed E-state index contributed by atoms with van der Waals surface area (Å²) in [4.78, 5) is 5.22. The van der Waals surface area contributed by atoms with Crippen molar-refractivity contribution in [1.29, 1.82) is 0 Å². The smallest absolute Gasteiger partial charge is 0.136 e. The van der Waals surface area contributed by atoms with E-state index in [4.69, 9.17) is 21.0 Å². The molecule has 1 fully saturated rings. The molecule has 2 heterocycles. The van der Waals surface area contributed by atoms with Gasteiger partial charge in [0.25, 0.3) is 0 Å². The first-order chi connectivity index (χ1) is 13.2. The summed E-state index contributed by atoms with van der Waals surface area (Å²) in [6.45, 7) is 9.03. The summed E-state index contributed by atoms with van der Waals surface area (Å²) in [5, 5.41) is 6.49. The third-order valence-electron chi connectivity index (χ3n) is 5.27. The summed E-state index contributed by atoms with van der Waals surface area (Å²) in [6.07, 6.45) is 2.01. The number of hydrogen-bond donors (Lipinski definition) is 1. The first-order valence-electron chi connectivity index (χ1n) is 9.83. The summed E-state index contributed by atoms with van der Waals surface area (Å²) < 4.78 is 6.18. The first kappa shape index (κ1) is 19.2. The van der Waals surface area contributed by atoms with E-state index in [1.54, 1.807) is 0 Å². The van der Waals surface area contributed by atoms with Gasteiger partial charge in [-0.1, -0.05) is 23.7 Å². The molecule has 1 aliphatic heterocycles. The average molecular weight is 395 g/mol. The van der Waals surface area contributed by atoms with Crippen molar-refractivity contribution in [3.05, 3.63) is 65.0 Å². The highest BCUT2D eigenvalue weighted by atomic mass is 35.5. The van der Waals surface area contributed by atoms with Gasteiger partial charge in [0.15, 0.2) is 0 Å². The molecule has 0 amide bonds. The quantitative estimate of drug-likeness (QED) is 0.582. The van der Waals surface area contributed by atoms with Gasteiger partial charge in [0, 0.05) is 33.1 Å². The minimum absolute atomic E-state index is 0.0594. The number of nitrogens with zero attached hydrogens (tertiary/aromatic N) is 1. The molecule has 28 heavy (non-hydrogen) atoms. The predicted octanol–water partition coefficient (Wildman–Crippen LogP) is 5.96. The van der Waals surface area contributed by atoms with Gasteiger partial charge in [-0.2, -0.15) is 0 Å². The van der Waals surface area contributed by atoms with Crippen LogP contribution in [-0.2, 0) is 0 Å². The third-order valence-corrected chi connectivity index (χ3v) is 5.52. The fraction of sp³-hybridized carbons (Fsp3) is 0.375. The predicted molar refractivity (Wildman–Crippen MR) is 117 cm³/mol. The van der Waals surface area contributed by atoms with Crippen LogP contribution in [0.5, 0.6) is 0 Å². The summed E-state index contributed by atoms with van der Waals surface area (Å²) in [7, 11) is 0. The van der Waals surface area contributed by atoms with E-state index in [2.05, 4.69) is 45.1 Å². The summed E-state index contributed by atoms with van der Waals surface area (Å²) in [6, 6.07) is 18.2. The number of hydrogen-bond acceptors (Lipinski definition) is 3. The Morgan fingerprint density at radius 3 is 2.29 bits per heavy atom. The molecule has 3 aromatic rings. The maximum atomic E-state index is 6.18. The van der Waals surface area contributed by atoms with Crippen molar-refractivity contribution in [3.8, 4) is 11.3 Å². The molecule has 3 nitrogen and oxygen atoms in total. The van der Waals surface area contributed by atoms with Crippen LogP contribution in [0.1, 0.15) is 40.5 Å². The number of fused-ring (bicyclic) bond motifs is 1. The number of rotatable bonds is 2. The first-order valence-corrected chi connectivity index (χ1v) is 10.2. The van der Waals surface area contributed by atoms with Crippen LogP contribution in [-0.4, -0.2) is 17.1 Å². The van der Waals surface area contributed by atoms with Gasteiger partial charge in [0.1, 0.15) is 11.3 Å². The molecule has 0 unspecified atom stereocenters. The number of halogens is 1. The second-order valence-electron chi connectivity index (χ2n) is 9.08. The van der Waals surface area contributed by atoms with E-state index in [0.29, 0.717) is 5.02 Å². The summed E-state index contributed by atoms with van der Waals surface area (Å²) in [5.74, 6) is 0.807. The van der Waals surface area contributed by atoms with Crippen LogP contribution in [0.3, 0.4) is 0 Å². The van der Waals surface area contributed by atoms with Crippen molar-refractivity contribution in [1.82, 2.24) is 5.32 Å². The van der Waals surface area contributed by atoms with Crippen LogP contribution in [0.25, 0.3) is 22.3 Å². The molecule has 0 spiro atoms. The molecule has 1 aromatic heterocycles. The highest BCUT2D eigenvalue weighted by molar-refractivity contribution is 6.30. The lowest BCUT2D eigenvalue weighted by atomic mass is 9.80. The van der Waals surface area contributed by atoms with Gasteiger partial charge in [-0.05, 0) is 76.9 Å². The fourth-order valence-electron chi connectivity index (χ4n) is 4.54. The van der Waals surface area contributed by atoms with Gasteiger partial charge >= 0.3 is 0 Å². The number of benzene rings is 2. The molecule has 0 atom stereocenters. The Balaban J connectivity index is 1.85. The zero-order valence-electron chi connectivity index (χ0n) is 16.9. The normalized spacial score (nSPS) is 19.8. The minimum Gasteiger partial charge on any atom is -0.456 e. The van der Waals surface area contributed by atoms with Gasteiger partial charge in [-0.3, -0.25) is 4.99 Å². The lowest BCUT2D eigenvalue weighted by molar-refractivity contribution is 0.163. The van der Waals surface area contributed by atoms with E-state index in [1.165, 1.54) is 0 Å². The third kappa shape index (κ3) is 4.16. The van der Waals surface area contributed by atoms with E-state index in [-0.39, 0.29) is 17.1 Å². The fourth-order valence-corrected chi connectivity index (χ4v) is 4.66. The zero-order chi connectivity index (χ0) is 19.9. The van der Waals surface area contributed by atoms with Crippen LogP contribution < -0.4 is 10.7 Å². The second kappa shape index (κ2) is 7.06. The number of para-hydroxylation sites is 1. The van der Waals surface area contributed by atoms with Gasteiger partial charge in [0.05, 0.1) is 11.4 Å². The van der Waals surface area contributed by atoms with Crippen LogP contribution in [0.4, 0.5) is 0 Å². The molecule has 1 N–H and O–H groups in total. The second-order valence-corrected chi connectivity index (χ2v) is 9.52. The lowest BCUT2D eigenvalue weighted by Crippen LogP contribution is -2.59. The van der Waals surface area contributed by atoms with E-state index < -0.39 is 0 Å². The van der Waals surface area contributed by atoms with E-state index in [1.807, 2.05) is 42.5 Å². The van der Waals surface area contributed by atoms with Crippen LogP contribution >= 0.6 is 11.6 Å². The van der Waals surface area contributed by atoms with E-state index in [9.17, 15) is 0 Å². The van der Waals surface area contributed by atoms with Crippen molar-refractivity contribution in [2.45, 2.75) is 57.7 Å². The lowest BCUT2D eigenvalue weighted by Gasteiger charge is -2.45. The molecule has 1 aliphatic rings.